The summed E-state index contributed by atoms with van der Waals surface area (Å²) in [6, 6.07) is 10.2. The SMILES string of the molecule is COc1cc2c(cc1Nc1nc(Nc3cccc(F)c3C(N)=O)c3cc[nH]c3n1)CN(CCCN(C)C)CC2. The number of ether oxygens (including phenoxy) is 1. The van der Waals surface area contributed by atoms with Crippen molar-refractivity contribution in [3.63, 3.8) is 0 Å². The van der Waals surface area contributed by atoms with Crippen molar-refractivity contribution in [2.75, 3.05) is 51.5 Å². The lowest BCUT2D eigenvalue weighted by Crippen LogP contribution is -2.32. The Bertz CT molecular complexity index is 1500. The number of carbonyl (C=O) groups is 1. The van der Waals surface area contributed by atoms with Gasteiger partial charge in [0.15, 0.2) is 0 Å². The number of aromatic amines is 1. The van der Waals surface area contributed by atoms with Crippen LogP contribution in [0.5, 0.6) is 5.75 Å². The van der Waals surface area contributed by atoms with Gasteiger partial charge in [-0.25, -0.2) is 4.39 Å². The molecular weight excluding hydrogens is 499 g/mol. The zero-order chi connectivity index (χ0) is 27.5. The Hall–Kier alpha value is -4.22. The van der Waals surface area contributed by atoms with E-state index >= 15 is 0 Å². The molecular formula is C28H33FN8O2. The molecule has 0 radical (unpaired) electrons. The second-order valence-electron chi connectivity index (χ2n) is 9.92. The van der Waals surface area contributed by atoms with Crippen molar-refractivity contribution in [3.05, 3.63) is 65.1 Å². The summed E-state index contributed by atoms with van der Waals surface area (Å²) < 4.78 is 20.1. The van der Waals surface area contributed by atoms with E-state index in [1.807, 2.05) is 0 Å². The maximum atomic E-state index is 14.4. The van der Waals surface area contributed by atoms with Gasteiger partial charge in [0.2, 0.25) is 5.95 Å². The first kappa shape index (κ1) is 26.4. The summed E-state index contributed by atoms with van der Waals surface area (Å²) in [5.74, 6) is -0.189. The number of hydrogen-bond donors (Lipinski definition) is 4. The van der Waals surface area contributed by atoms with Crippen LogP contribution in [0.1, 0.15) is 27.9 Å². The van der Waals surface area contributed by atoms with Crippen LogP contribution in [-0.2, 0) is 13.0 Å². The highest BCUT2D eigenvalue weighted by molar-refractivity contribution is 6.01. The Morgan fingerprint density at radius 3 is 2.79 bits per heavy atom. The van der Waals surface area contributed by atoms with Gasteiger partial charge < -0.3 is 31.0 Å². The average Bonchev–Trinajstić information content (AvgIpc) is 3.37. The van der Waals surface area contributed by atoms with Crippen molar-refractivity contribution in [2.24, 2.45) is 5.73 Å². The zero-order valence-corrected chi connectivity index (χ0v) is 22.3. The number of rotatable bonds is 10. The van der Waals surface area contributed by atoms with Gasteiger partial charge in [0.05, 0.1) is 29.4 Å². The summed E-state index contributed by atoms with van der Waals surface area (Å²) in [5, 5.41) is 7.05. The van der Waals surface area contributed by atoms with Crippen LogP contribution in [0.3, 0.4) is 0 Å². The molecule has 4 aromatic rings. The van der Waals surface area contributed by atoms with Gasteiger partial charge in [0.25, 0.3) is 5.91 Å². The molecule has 2 aromatic heterocycles. The number of nitrogens with two attached hydrogens (primary N) is 1. The summed E-state index contributed by atoms with van der Waals surface area (Å²) in [6.07, 6.45) is 3.81. The van der Waals surface area contributed by atoms with Gasteiger partial charge >= 0.3 is 0 Å². The molecule has 5 rings (SSSR count). The Kier molecular flexibility index (Phi) is 7.62. The minimum absolute atomic E-state index is 0.218. The van der Waals surface area contributed by atoms with E-state index in [4.69, 9.17) is 10.5 Å². The van der Waals surface area contributed by atoms with Crippen molar-refractivity contribution >= 4 is 40.1 Å². The maximum absolute atomic E-state index is 14.4. The molecule has 10 nitrogen and oxygen atoms in total. The molecule has 2 aromatic carbocycles. The van der Waals surface area contributed by atoms with Crippen LogP contribution < -0.4 is 21.1 Å². The van der Waals surface area contributed by atoms with E-state index in [1.165, 1.54) is 23.3 Å². The van der Waals surface area contributed by atoms with E-state index in [2.05, 4.69) is 61.6 Å². The smallest absolute Gasteiger partial charge is 0.253 e. The van der Waals surface area contributed by atoms with Gasteiger partial charge in [0.1, 0.15) is 23.0 Å². The molecule has 39 heavy (non-hydrogen) atoms. The summed E-state index contributed by atoms with van der Waals surface area (Å²) in [6.45, 7) is 3.98. The van der Waals surface area contributed by atoms with Crippen molar-refractivity contribution < 1.29 is 13.9 Å². The number of amides is 1. The number of aromatic nitrogens is 3. The first-order chi connectivity index (χ1) is 18.8. The number of primary amides is 1. The minimum Gasteiger partial charge on any atom is -0.495 e. The lowest BCUT2D eigenvalue weighted by atomic mass is 9.98. The van der Waals surface area contributed by atoms with Crippen LogP contribution in [-0.4, -0.2) is 71.5 Å². The summed E-state index contributed by atoms with van der Waals surface area (Å²) in [4.78, 5) is 29.0. The predicted octanol–water partition coefficient (Wildman–Crippen LogP) is 4.00. The number of nitrogens with zero attached hydrogens (tertiary/aromatic N) is 4. The second-order valence-corrected chi connectivity index (χ2v) is 9.92. The molecule has 0 atom stereocenters. The number of benzene rings is 2. The van der Waals surface area contributed by atoms with E-state index in [9.17, 15) is 9.18 Å². The molecule has 0 bridgehead atoms. The van der Waals surface area contributed by atoms with Crippen LogP contribution >= 0.6 is 0 Å². The van der Waals surface area contributed by atoms with Crippen molar-refractivity contribution in [3.8, 4) is 5.75 Å². The number of methoxy groups -OCH3 is 1. The molecule has 1 aliphatic rings. The first-order valence-electron chi connectivity index (χ1n) is 12.9. The van der Waals surface area contributed by atoms with Crippen LogP contribution in [0, 0.1) is 5.82 Å². The molecule has 0 aliphatic carbocycles. The van der Waals surface area contributed by atoms with E-state index in [1.54, 1.807) is 25.4 Å². The van der Waals surface area contributed by atoms with Crippen LogP contribution in [0.25, 0.3) is 11.0 Å². The third-order valence-corrected chi connectivity index (χ3v) is 6.87. The van der Waals surface area contributed by atoms with E-state index in [-0.39, 0.29) is 11.3 Å². The summed E-state index contributed by atoms with van der Waals surface area (Å²) >= 11 is 0. The topological polar surface area (TPSA) is 124 Å². The lowest BCUT2D eigenvalue weighted by Gasteiger charge is -2.30. The van der Waals surface area contributed by atoms with Crippen LogP contribution in [0.4, 0.5) is 27.5 Å². The van der Waals surface area contributed by atoms with Gasteiger partial charge in [-0.3, -0.25) is 9.69 Å². The van der Waals surface area contributed by atoms with Gasteiger partial charge in [-0.15, -0.1) is 0 Å². The number of nitrogens with one attached hydrogen (secondary N) is 3. The molecule has 0 fully saturated rings. The van der Waals surface area contributed by atoms with Gasteiger partial charge in [-0.2, -0.15) is 9.97 Å². The number of halogens is 1. The highest BCUT2D eigenvalue weighted by Gasteiger charge is 2.21. The molecule has 1 aliphatic heterocycles. The molecule has 5 N–H and O–H groups in total. The standard InChI is InChI=1S/C28H33FN8O2/c1-36(2)11-5-12-37-13-9-17-15-23(39-3)22(14-18(17)16-37)33-28-34-26-19(8-10-31-26)27(35-28)32-21-7-4-6-20(29)24(21)25(30)38/h4,6-8,10,14-15H,5,9,11-13,16H2,1-3H3,(H2,30,38)(H3,31,32,33,34,35). The van der Waals surface area contributed by atoms with Gasteiger partial charge in [0, 0.05) is 19.3 Å². The number of carbonyl (C=O) groups excluding carboxylic acids is 1. The van der Waals surface area contributed by atoms with Crippen LogP contribution in [0.2, 0.25) is 0 Å². The fourth-order valence-corrected chi connectivity index (χ4v) is 4.93. The van der Waals surface area contributed by atoms with E-state index < -0.39 is 11.7 Å². The van der Waals surface area contributed by atoms with Crippen molar-refractivity contribution in [1.82, 2.24) is 24.8 Å². The largest absolute Gasteiger partial charge is 0.495 e. The molecule has 0 spiro atoms. The fourth-order valence-electron chi connectivity index (χ4n) is 4.93. The Morgan fingerprint density at radius 1 is 1.18 bits per heavy atom. The first-order valence-corrected chi connectivity index (χ1v) is 12.9. The molecule has 204 valence electrons. The average molecular weight is 533 g/mol. The summed E-state index contributed by atoms with van der Waals surface area (Å²) in [7, 11) is 5.83. The minimum atomic E-state index is -0.872. The van der Waals surface area contributed by atoms with Crippen molar-refractivity contribution in [1.29, 1.82) is 0 Å². The van der Waals surface area contributed by atoms with E-state index in [0.717, 1.165) is 44.7 Å². The van der Waals surface area contributed by atoms with Crippen molar-refractivity contribution in [2.45, 2.75) is 19.4 Å². The molecule has 0 unspecified atom stereocenters. The number of hydrogen-bond acceptors (Lipinski definition) is 8. The summed E-state index contributed by atoms with van der Waals surface area (Å²) in [5.41, 5.74) is 9.24. The fraction of sp³-hybridized carbons (Fsp3) is 0.321. The highest BCUT2D eigenvalue weighted by atomic mass is 19.1. The van der Waals surface area contributed by atoms with E-state index in [0.29, 0.717) is 28.5 Å². The second kappa shape index (κ2) is 11.3. The number of anilines is 4. The highest BCUT2D eigenvalue weighted by Crippen LogP contribution is 2.34. The Morgan fingerprint density at radius 2 is 2.03 bits per heavy atom. The number of H-pyrrole nitrogens is 1. The Balaban J connectivity index is 1.44. The molecule has 1 amide bonds. The van der Waals surface area contributed by atoms with Crippen LogP contribution in [0.15, 0.2) is 42.6 Å². The quantitative estimate of drug-likeness (QED) is 0.242. The number of fused-ring (bicyclic) bond motifs is 2. The Labute approximate surface area is 226 Å². The third kappa shape index (κ3) is 5.79. The van der Waals surface area contributed by atoms with Gasteiger partial charge in [-0.05, 0) is 81.5 Å². The molecule has 11 heteroatoms. The molecule has 0 saturated heterocycles. The lowest BCUT2D eigenvalue weighted by molar-refractivity contribution is 0.0997. The molecule has 3 heterocycles. The molecule has 0 saturated carbocycles. The predicted molar refractivity (Wildman–Crippen MR) is 151 cm³/mol. The monoisotopic (exact) mass is 532 g/mol. The normalized spacial score (nSPS) is 13.5. The van der Waals surface area contributed by atoms with Gasteiger partial charge in [-0.1, -0.05) is 6.07 Å². The third-order valence-electron chi connectivity index (χ3n) is 6.87. The zero-order valence-electron chi connectivity index (χ0n) is 22.3. The maximum Gasteiger partial charge on any atom is 0.253 e.